The second kappa shape index (κ2) is 9.85. The minimum atomic E-state index is -3.72. The van der Waals surface area contributed by atoms with Gasteiger partial charge in [0.2, 0.25) is 0 Å². The van der Waals surface area contributed by atoms with Gasteiger partial charge in [0.05, 0.1) is 10.9 Å². The molecule has 8 heteroatoms. The number of carbonyl (C=O) groups is 1. The molecule has 0 spiro atoms. The Labute approximate surface area is 187 Å². The van der Waals surface area contributed by atoms with Gasteiger partial charge in [-0.3, -0.25) is 9.52 Å². The summed E-state index contributed by atoms with van der Waals surface area (Å²) in [6.07, 6.45) is 0. The Morgan fingerprint density at radius 1 is 0.968 bits per heavy atom. The van der Waals surface area contributed by atoms with Gasteiger partial charge in [0.25, 0.3) is 15.9 Å². The lowest BCUT2D eigenvalue weighted by atomic mass is 10.1. The molecule has 0 fully saturated rings. The predicted octanol–water partition coefficient (Wildman–Crippen LogP) is 4.71. The highest BCUT2D eigenvalue weighted by Gasteiger charge is 2.15. The van der Waals surface area contributed by atoms with Crippen LogP contribution in [0.2, 0.25) is 5.02 Å². The SMILES string of the molecule is Cc1ccc(NS(=O)(=O)c2ccc(OCC(=O)N[C@@H](C)c3ccc(Cl)cc3)cc2)cc1. The van der Waals surface area contributed by atoms with Gasteiger partial charge < -0.3 is 10.1 Å². The van der Waals surface area contributed by atoms with Crippen molar-refractivity contribution < 1.29 is 17.9 Å². The van der Waals surface area contributed by atoms with Crippen molar-refractivity contribution in [3.05, 3.63) is 88.9 Å². The lowest BCUT2D eigenvalue weighted by Crippen LogP contribution is -2.31. The number of amides is 1. The van der Waals surface area contributed by atoms with Gasteiger partial charge in [0, 0.05) is 10.7 Å². The molecule has 2 N–H and O–H groups in total. The molecule has 0 heterocycles. The molecular formula is C23H23ClN2O4S. The lowest BCUT2D eigenvalue weighted by molar-refractivity contribution is -0.123. The van der Waals surface area contributed by atoms with Gasteiger partial charge in [-0.05, 0) is 67.9 Å². The third-order valence-corrected chi connectivity index (χ3v) is 6.20. The van der Waals surface area contributed by atoms with Crippen LogP contribution in [0.1, 0.15) is 24.1 Å². The van der Waals surface area contributed by atoms with Crippen molar-refractivity contribution in [1.29, 1.82) is 0 Å². The van der Waals surface area contributed by atoms with Gasteiger partial charge in [0.1, 0.15) is 5.75 Å². The van der Waals surface area contributed by atoms with Crippen LogP contribution in [0.3, 0.4) is 0 Å². The van der Waals surface area contributed by atoms with Crippen LogP contribution < -0.4 is 14.8 Å². The number of sulfonamides is 1. The van der Waals surface area contributed by atoms with Crippen LogP contribution in [-0.4, -0.2) is 20.9 Å². The van der Waals surface area contributed by atoms with E-state index in [1.54, 1.807) is 24.3 Å². The van der Waals surface area contributed by atoms with E-state index in [-0.39, 0.29) is 23.5 Å². The number of nitrogens with one attached hydrogen (secondary N) is 2. The molecule has 1 atom stereocenters. The van der Waals surface area contributed by atoms with Gasteiger partial charge in [-0.1, -0.05) is 41.4 Å². The number of hydrogen-bond donors (Lipinski definition) is 2. The molecule has 0 radical (unpaired) electrons. The number of carbonyl (C=O) groups excluding carboxylic acids is 1. The summed E-state index contributed by atoms with van der Waals surface area (Å²) in [4.78, 5) is 12.3. The first-order chi connectivity index (χ1) is 14.7. The van der Waals surface area contributed by atoms with E-state index >= 15 is 0 Å². The van der Waals surface area contributed by atoms with Crippen molar-refractivity contribution >= 4 is 33.2 Å². The summed E-state index contributed by atoms with van der Waals surface area (Å²) in [6.45, 7) is 3.60. The summed E-state index contributed by atoms with van der Waals surface area (Å²) in [5, 5.41) is 3.47. The maximum absolute atomic E-state index is 12.5. The van der Waals surface area contributed by atoms with E-state index in [1.807, 2.05) is 38.1 Å². The van der Waals surface area contributed by atoms with Crippen molar-refractivity contribution in [2.75, 3.05) is 11.3 Å². The zero-order valence-corrected chi connectivity index (χ0v) is 18.7. The summed E-state index contributed by atoms with van der Waals surface area (Å²) in [5.74, 6) is 0.101. The molecule has 0 aromatic heterocycles. The number of ether oxygens (including phenoxy) is 1. The largest absolute Gasteiger partial charge is 0.484 e. The molecule has 0 bridgehead atoms. The van der Waals surface area contributed by atoms with Gasteiger partial charge in [-0.25, -0.2) is 8.42 Å². The molecule has 3 rings (SSSR count). The van der Waals surface area contributed by atoms with E-state index in [9.17, 15) is 13.2 Å². The zero-order chi connectivity index (χ0) is 22.4. The Balaban J connectivity index is 1.54. The normalized spacial score (nSPS) is 12.1. The molecule has 0 aliphatic rings. The van der Waals surface area contributed by atoms with Crippen LogP contribution >= 0.6 is 11.6 Å². The zero-order valence-electron chi connectivity index (χ0n) is 17.1. The maximum atomic E-state index is 12.5. The number of aryl methyl sites for hydroxylation is 1. The number of anilines is 1. The highest BCUT2D eigenvalue weighted by atomic mass is 35.5. The van der Waals surface area contributed by atoms with Crippen LogP contribution in [0, 0.1) is 6.92 Å². The molecule has 3 aromatic rings. The lowest BCUT2D eigenvalue weighted by Gasteiger charge is -2.15. The fourth-order valence-corrected chi connectivity index (χ4v) is 4.00. The first-order valence-electron chi connectivity index (χ1n) is 9.60. The van der Waals surface area contributed by atoms with E-state index < -0.39 is 10.0 Å². The smallest absolute Gasteiger partial charge is 0.261 e. The van der Waals surface area contributed by atoms with E-state index in [0.717, 1.165) is 11.1 Å². The van der Waals surface area contributed by atoms with E-state index in [2.05, 4.69) is 10.0 Å². The van der Waals surface area contributed by atoms with E-state index in [4.69, 9.17) is 16.3 Å². The number of benzene rings is 3. The first-order valence-corrected chi connectivity index (χ1v) is 11.5. The minimum absolute atomic E-state index is 0.0984. The van der Waals surface area contributed by atoms with E-state index in [1.165, 1.54) is 24.3 Å². The van der Waals surface area contributed by atoms with Gasteiger partial charge in [-0.15, -0.1) is 0 Å². The molecule has 1 amide bonds. The summed E-state index contributed by atoms with van der Waals surface area (Å²) >= 11 is 5.88. The first kappa shape index (κ1) is 22.7. The Morgan fingerprint density at radius 2 is 1.58 bits per heavy atom. The van der Waals surface area contributed by atoms with Crippen LogP contribution in [0.25, 0.3) is 0 Å². The van der Waals surface area contributed by atoms with Crippen molar-refractivity contribution in [2.45, 2.75) is 24.8 Å². The summed E-state index contributed by atoms with van der Waals surface area (Å²) in [5.41, 5.74) is 2.45. The van der Waals surface area contributed by atoms with Crippen molar-refractivity contribution in [3.63, 3.8) is 0 Å². The van der Waals surface area contributed by atoms with Crippen LogP contribution in [0.4, 0.5) is 5.69 Å². The van der Waals surface area contributed by atoms with E-state index in [0.29, 0.717) is 16.5 Å². The standard InChI is InChI=1S/C23H23ClN2O4S/c1-16-3-9-20(10-4-16)26-31(28,29)22-13-11-21(12-14-22)30-15-23(27)25-17(2)18-5-7-19(24)8-6-18/h3-14,17,26H,15H2,1-2H3,(H,25,27)/t17-/m0/s1. The summed E-state index contributed by atoms with van der Waals surface area (Å²) < 4.78 is 33.0. The Bertz CT molecular complexity index is 1130. The molecule has 0 aliphatic heterocycles. The van der Waals surface area contributed by atoms with Crippen molar-refractivity contribution in [3.8, 4) is 5.75 Å². The van der Waals surface area contributed by atoms with Gasteiger partial charge in [0.15, 0.2) is 6.61 Å². The second-order valence-electron chi connectivity index (χ2n) is 7.07. The van der Waals surface area contributed by atoms with Crippen molar-refractivity contribution in [1.82, 2.24) is 5.32 Å². The third kappa shape index (κ3) is 6.47. The summed E-state index contributed by atoms with van der Waals surface area (Å²) in [7, 11) is -3.72. The highest BCUT2D eigenvalue weighted by molar-refractivity contribution is 7.92. The average molecular weight is 459 g/mol. The van der Waals surface area contributed by atoms with Gasteiger partial charge in [-0.2, -0.15) is 0 Å². The molecule has 0 saturated carbocycles. The molecule has 0 aliphatic carbocycles. The number of halogens is 1. The fraction of sp³-hybridized carbons (Fsp3) is 0.174. The second-order valence-corrected chi connectivity index (χ2v) is 9.19. The van der Waals surface area contributed by atoms with Crippen molar-refractivity contribution in [2.24, 2.45) is 0 Å². The monoisotopic (exact) mass is 458 g/mol. The predicted molar refractivity (Wildman–Crippen MR) is 122 cm³/mol. The maximum Gasteiger partial charge on any atom is 0.261 e. The third-order valence-electron chi connectivity index (χ3n) is 4.56. The molecule has 31 heavy (non-hydrogen) atoms. The fourth-order valence-electron chi connectivity index (χ4n) is 2.82. The minimum Gasteiger partial charge on any atom is -0.484 e. The van der Waals surface area contributed by atoms with Gasteiger partial charge >= 0.3 is 0 Å². The Hall–Kier alpha value is -3.03. The van der Waals surface area contributed by atoms with Crippen LogP contribution in [0.15, 0.2) is 77.7 Å². The molecule has 3 aromatic carbocycles. The number of rotatable bonds is 8. The average Bonchev–Trinajstić information content (AvgIpc) is 2.74. The molecular weight excluding hydrogens is 436 g/mol. The Morgan fingerprint density at radius 3 is 2.19 bits per heavy atom. The van der Waals surface area contributed by atoms with Crippen LogP contribution in [-0.2, 0) is 14.8 Å². The highest BCUT2D eigenvalue weighted by Crippen LogP contribution is 2.20. The quantitative estimate of drug-likeness (QED) is 0.512. The topological polar surface area (TPSA) is 84.5 Å². The number of hydrogen-bond acceptors (Lipinski definition) is 4. The molecule has 0 unspecified atom stereocenters. The Kier molecular flexibility index (Phi) is 7.20. The molecule has 0 saturated heterocycles. The molecule has 162 valence electrons. The molecule has 6 nitrogen and oxygen atoms in total. The van der Waals surface area contributed by atoms with Crippen LogP contribution in [0.5, 0.6) is 5.75 Å². The summed E-state index contributed by atoms with van der Waals surface area (Å²) in [6, 6.07) is 20.0.